The van der Waals surface area contributed by atoms with Gasteiger partial charge in [0.15, 0.2) is 0 Å². The molecule has 3 rings (SSSR count). The van der Waals surface area contributed by atoms with Crippen molar-refractivity contribution >= 4 is 11.4 Å². The molecule has 0 atom stereocenters. The lowest BCUT2D eigenvalue weighted by Gasteiger charge is -2.27. The summed E-state index contributed by atoms with van der Waals surface area (Å²) < 4.78 is 11.1. The molecule has 1 fully saturated rings. The maximum atomic E-state index is 5.99. The van der Waals surface area contributed by atoms with Crippen LogP contribution in [0, 0.1) is 27.7 Å². The topological polar surface area (TPSA) is 24.9 Å². The average molecular weight is 354 g/mol. The van der Waals surface area contributed by atoms with Crippen LogP contribution in [0.15, 0.2) is 30.3 Å². The quantitative estimate of drug-likeness (QED) is 0.725. The Labute approximate surface area is 157 Å². The largest absolute Gasteiger partial charge is 0.489 e. The van der Waals surface area contributed by atoms with Crippen LogP contribution in [0.4, 0.5) is 11.4 Å². The van der Waals surface area contributed by atoms with Crippen molar-refractivity contribution in [2.45, 2.75) is 27.7 Å². The molecule has 140 valence electrons. The van der Waals surface area contributed by atoms with Gasteiger partial charge in [-0.05, 0) is 50.5 Å². The molecule has 2 aromatic rings. The lowest BCUT2D eigenvalue weighted by molar-refractivity contribution is 0.146. The highest BCUT2D eigenvalue weighted by Crippen LogP contribution is 2.36. The highest BCUT2D eigenvalue weighted by atomic mass is 16.5. The van der Waals surface area contributed by atoms with Crippen molar-refractivity contribution in [1.82, 2.24) is 0 Å². The number of benzene rings is 2. The van der Waals surface area contributed by atoms with E-state index in [1.165, 1.54) is 33.6 Å². The van der Waals surface area contributed by atoms with Crippen LogP contribution in [-0.2, 0) is 4.74 Å². The predicted molar refractivity (Wildman–Crippen MR) is 109 cm³/mol. The molecule has 0 radical (unpaired) electrons. The number of para-hydroxylation sites is 1. The van der Waals surface area contributed by atoms with Crippen LogP contribution in [0.25, 0.3) is 0 Å². The molecule has 4 heteroatoms. The number of hydrogen-bond donors (Lipinski definition) is 0. The number of anilines is 2. The number of aryl methyl sites for hydroxylation is 4. The van der Waals surface area contributed by atoms with Gasteiger partial charge in [0.05, 0.1) is 19.0 Å². The predicted octanol–water partition coefficient (Wildman–Crippen LogP) is 4.23. The fourth-order valence-electron chi connectivity index (χ4n) is 4.01. The highest BCUT2D eigenvalue weighted by Gasteiger charge is 2.26. The van der Waals surface area contributed by atoms with Crippen LogP contribution in [-0.4, -0.2) is 40.1 Å². The van der Waals surface area contributed by atoms with Crippen molar-refractivity contribution in [3.05, 3.63) is 52.6 Å². The third-order valence-electron chi connectivity index (χ3n) is 4.99. The van der Waals surface area contributed by atoms with Gasteiger partial charge in [0.1, 0.15) is 12.4 Å². The third-order valence-corrected chi connectivity index (χ3v) is 4.99. The third kappa shape index (κ3) is 3.80. The molecule has 0 N–H and O–H groups in total. The van der Waals surface area contributed by atoms with Gasteiger partial charge in [-0.2, -0.15) is 0 Å². The summed E-state index contributed by atoms with van der Waals surface area (Å²) in [6, 6.07) is 10.8. The van der Waals surface area contributed by atoms with Crippen molar-refractivity contribution in [2.24, 2.45) is 0 Å². The molecule has 0 spiro atoms. The molecule has 0 amide bonds. The zero-order valence-corrected chi connectivity index (χ0v) is 16.6. The number of methoxy groups -OCH3 is 1. The average Bonchev–Trinajstić information content (AvgIpc) is 3.03. The zero-order chi connectivity index (χ0) is 18.7. The maximum absolute atomic E-state index is 5.99. The van der Waals surface area contributed by atoms with E-state index in [-0.39, 0.29) is 0 Å². The molecule has 1 aliphatic heterocycles. The van der Waals surface area contributed by atoms with Crippen LogP contribution >= 0.6 is 0 Å². The number of ether oxygens (including phenoxy) is 2. The van der Waals surface area contributed by atoms with E-state index >= 15 is 0 Å². The maximum Gasteiger partial charge on any atom is 0.143 e. The summed E-state index contributed by atoms with van der Waals surface area (Å²) >= 11 is 0. The first-order valence-corrected chi connectivity index (χ1v) is 9.30. The Morgan fingerprint density at radius 2 is 1.50 bits per heavy atom. The lowest BCUT2D eigenvalue weighted by Crippen LogP contribution is -2.27. The van der Waals surface area contributed by atoms with Gasteiger partial charge in [0, 0.05) is 25.9 Å². The Bertz CT molecular complexity index is 750. The van der Waals surface area contributed by atoms with Gasteiger partial charge in [-0.15, -0.1) is 0 Å². The van der Waals surface area contributed by atoms with E-state index in [9.17, 15) is 0 Å². The van der Waals surface area contributed by atoms with Crippen LogP contribution in [0.1, 0.15) is 22.3 Å². The Morgan fingerprint density at radius 3 is 2.15 bits per heavy atom. The zero-order valence-electron chi connectivity index (χ0n) is 16.6. The smallest absolute Gasteiger partial charge is 0.143 e. The molecule has 1 heterocycles. The number of hydrogen-bond acceptors (Lipinski definition) is 4. The lowest BCUT2D eigenvalue weighted by atomic mass is 10.0. The summed E-state index contributed by atoms with van der Waals surface area (Å²) in [5.74, 6) is 0.946. The second-order valence-corrected chi connectivity index (χ2v) is 7.18. The number of rotatable bonds is 6. The van der Waals surface area contributed by atoms with Gasteiger partial charge in [-0.1, -0.05) is 29.8 Å². The molecule has 0 bridgehead atoms. The van der Waals surface area contributed by atoms with Crippen molar-refractivity contribution in [3.63, 3.8) is 0 Å². The normalized spacial score (nSPS) is 14.2. The van der Waals surface area contributed by atoms with E-state index in [0.717, 1.165) is 25.5 Å². The van der Waals surface area contributed by atoms with E-state index in [2.05, 4.69) is 67.8 Å². The van der Waals surface area contributed by atoms with Gasteiger partial charge in [-0.25, -0.2) is 0 Å². The minimum Gasteiger partial charge on any atom is -0.489 e. The Morgan fingerprint density at radius 1 is 0.846 bits per heavy atom. The van der Waals surface area contributed by atoms with Crippen molar-refractivity contribution in [1.29, 1.82) is 0 Å². The SMILES string of the molecule is COCCOc1cccc(C)c1N1CCN(c2c(C)cc(C)cc2C)C1. The van der Waals surface area contributed by atoms with E-state index < -0.39 is 0 Å². The molecule has 0 aromatic heterocycles. The van der Waals surface area contributed by atoms with Crippen LogP contribution < -0.4 is 14.5 Å². The summed E-state index contributed by atoms with van der Waals surface area (Å²) in [5, 5.41) is 0. The van der Waals surface area contributed by atoms with Crippen LogP contribution in [0.5, 0.6) is 5.75 Å². The molecule has 1 saturated heterocycles. The second kappa shape index (κ2) is 8.00. The summed E-state index contributed by atoms with van der Waals surface area (Å²) in [4.78, 5) is 4.91. The van der Waals surface area contributed by atoms with E-state index in [0.29, 0.717) is 13.2 Å². The molecule has 0 saturated carbocycles. The van der Waals surface area contributed by atoms with Crippen molar-refractivity contribution < 1.29 is 9.47 Å². The van der Waals surface area contributed by atoms with Crippen molar-refractivity contribution in [3.8, 4) is 5.75 Å². The minimum absolute atomic E-state index is 0.570. The Hall–Kier alpha value is -2.20. The molecular weight excluding hydrogens is 324 g/mol. The van der Waals surface area contributed by atoms with Crippen LogP contribution in [0.2, 0.25) is 0 Å². The summed E-state index contributed by atoms with van der Waals surface area (Å²) in [7, 11) is 1.70. The standard InChI is InChI=1S/C22H30N2O2/c1-16-13-18(3)21(19(4)14-16)23-9-10-24(15-23)22-17(2)7-6-8-20(22)26-12-11-25-5/h6-8,13-14H,9-12,15H2,1-5H3. The highest BCUT2D eigenvalue weighted by molar-refractivity contribution is 5.68. The molecule has 0 aliphatic carbocycles. The first kappa shape index (κ1) is 18.6. The molecule has 4 nitrogen and oxygen atoms in total. The van der Waals surface area contributed by atoms with Gasteiger partial charge < -0.3 is 19.3 Å². The first-order valence-electron chi connectivity index (χ1n) is 9.30. The van der Waals surface area contributed by atoms with E-state index in [1.54, 1.807) is 7.11 Å². The molecular formula is C22H30N2O2. The van der Waals surface area contributed by atoms with E-state index in [1.807, 2.05) is 0 Å². The first-order chi connectivity index (χ1) is 12.5. The summed E-state index contributed by atoms with van der Waals surface area (Å²) in [6.07, 6.45) is 0. The monoisotopic (exact) mass is 354 g/mol. The second-order valence-electron chi connectivity index (χ2n) is 7.18. The molecule has 2 aromatic carbocycles. The minimum atomic E-state index is 0.570. The Balaban J connectivity index is 1.83. The van der Waals surface area contributed by atoms with Crippen molar-refractivity contribution in [2.75, 3.05) is 49.9 Å². The summed E-state index contributed by atoms with van der Waals surface area (Å²) in [6.45, 7) is 12.8. The van der Waals surface area contributed by atoms with Crippen LogP contribution in [0.3, 0.4) is 0 Å². The fraction of sp³-hybridized carbons (Fsp3) is 0.455. The van der Waals surface area contributed by atoms with Gasteiger partial charge in [-0.3, -0.25) is 0 Å². The van der Waals surface area contributed by atoms with Gasteiger partial charge in [0.25, 0.3) is 0 Å². The molecule has 26 heavy (non-hydrogen) atoms. The molecule has 1 aliphatic rings. The number of nitrogens with zero attached hydrogens (tertiary/aromatic N) is 2. The molecule has 0 unspecified atom stereocenters. The van der Waals surface area contributed by atoms with E-state index in [4.69, 9.17) is 9.47 Å². The fourth-order valence-corrected chi connectivity index (χ4v) is 4.01. The van der Waals surface area contributed by atoms with Gasteiger partial charge in [0.2, 0.25) is 0 Å². The Kier molecular flexibility index (Phi) is 5.72. The van der Waals surface area contributed by atoms with Gasteiger partial charge >= 0.3 is 0 Å². The summed E-state index contributed by atoms with van der Waals surface area (Å²) in [5.41, 5.74) is 7.85.